The molecule has 0 fully saturated rings. The van der Waals surface area contributed by atoms with Crippen molar-refractivity contribution in [3.8, 4) is 0 Å². The zero-order valence-electron chi connectivity index (χ0n) is 11.6. The summed E-state index contributed by atoms with van der Waals surface area (Å²) in [6.45, 7) is 2.91. The van der Waals surface area contributed by atoms with Gasteiger partial charge in [0.1, 0.15) is 34.3 Å². The maximum absolute atomic E-state index is 13.5. The van der Waals surface area contributed by atoms with Crippen LogP contribution in [-0.4, -0.2) is 17.6 Å². The summed E-state index contributed by atoms with van der Waals surface area (Å²) in [4.78, 5) is 11.8. The maximum Gasteiger partial charge on any atom is 0.257 e. The molecule has 21 heavy (non-hydrogen) atoms. The predicted molar refractivity (Wildman–Crippen MR) is 71.7 cm³/mol. The molecular formula is C15H15F2NO3. The van der Waals surface area contributed by atoms with Crippen molar-refractivity contribution in [2.75, 3.05) is 6.54 Å². The highest BCUT2D eigenvalue weighted by molar-refractivity contribution is 5.94. The maximum atomic E-state index is 13.5. The molecule has 2 aromatic rings. The standard InChI is InChI=1S/C15H15F2NO3/c1-9-6-7-12(21-9)15(2,20)8-18-14(19)13-10(16)4-3-5-11(13)17/h3-7,20H,8H2,1-2H3,(H,18,19). The summed E-state index contributed by atoms with van der Waals surface area (Å²) in [5.41, 5.74) is -2.16. The second-order valence-electron chi connectivity index (χ2n) is 4.96. The molecule has 0 aliphatic heterocycles. The molecule has 1 unspecified atom stereocenters. The SMILES string of the molecule is Cc1ccc(C(C)(O)CNC(=O)c2c(F)cccc2F)o1. The van der Waals surface area contributed by atoms with Crippen molar-refractivity contribution < 1.29 is 23.1 Å². The number of aliphatic hydroxyl groups is 1. The van der Waals surface area contributed by atoms with E-state index in [1.54, 1.807) is 19.1 Å². The van der Waals surface area contributed by atoms with Crippen molar-refractivity contribution in [2.45, 2.75) is 19.4 Å². The van der Waals surface area contributed by atoms with Crippen LogP contribution in [0.25, 0.3) is 0 Å². The Labute approximate surface area is 120 Å². The van der Waals surface area contributed by atoms with Crippen molar-refractivity contribution in [1.29, 1.82) is 0 Å². The lowest BCUT2D eigenvalue weighted by molar-refractivity contribution is 0.0322. The molecule has 2 N–H and O–H groups in total. The Bertz CT molecular complexity index is 644. The van der Waals surface area contributed by atoms with Crippen LogP contribution in [0.5, 0.6) is 0 Å². The predicted octanol–water partition coefficient (Wildman–Crippen LogP) is 2.50. The Balaban J connectivity index is 2.11. The van der Waals surface area contributed by atoms with Crippen LogP contribution in [0, 0.1) is 18.6 Å². The number of nitrogens with one attached hydrogen (secondary N) is 1. The summed E-state index contributed by atoms with van der Waals surface area (Å²) in [7, 11) is 0. The smallest absolute Gasteiger partial charge is 0.257 e. The third kappa shape index (κ3) is 3.28. The number of amides is 1. The number of furan rings is 1. The lowest BCUT2D eigenvalue weighted by Gasteiger charge is -2.21. The molecule has 1 aromatic carbocycles. The summed E-state index contributed by atoms with van der Waals surface area (Å²) in [6, 6.07) is 6.40. The number of aryl methyl sites for hydroxylation is 1. The average Bonchev–Trinajstić information content (AvgIpc) is 2.84. The number of halogens is 2. The van der Waals surface area contributed by atoms with E-state index >= 15 is 0 Å². The molecular weight excluding hydrogens is 280 g/mol. The molecule has 0 spiro atoms. The zero-order valence-corrected chi connectivity index (χ0v) is 11.6. The summed E-state index contributed by atoms with van der Waals surface area (Å²) >= 11 is 0. The molecule has 2 rings (SSSR count). The van der Waals surface area contributed by atoms with Crippen molar-refractivity contribution in [1.82, 2.24) is 5.32 Å². The first kappa shape index (κ1) is 15.2. The number of carbonyl (C=O) groups is 1. The minimum atomic E-state index is -1.48. The number of hydrogen-bond donors (Lipinski definition) is 2. The van der Waals surface area contributed by atoms with E-state index in [0.29, 0.717) is 5.76 Å². The quantitative estimate of drug-likeness (QED) is 0.911. The molecule has 0 radical (unpaired) electrons. The van der Waals surface area contributed by atoms with Crippen molar-refractivity contribution in [3.05, 3.63) is 59.1 Å². The lowest BCUT2D eigenvalue weighted by atomic mass is 10.0. The van der Waals surface area contributed by atoms with Crippen LogP contribution in [0.4, 0.5) is 8.78 Å². The van der Waals surface area contributed by atoms with E-state index in [4.69, 9.17) is 4.42 Å². The van der Waals surface area contributed by atoms with E-state index in [1.807, 2.05) is 0 Å². The first-order valence-corrected chi connectivity index (χ1v) is 6.33. The Morgan fingerprint density at radius 1 is 1.29 bits per heavy atom. The van der Waals surface area contributed by atoms with E-state index in [9.17, 15) is 18.7 Å². The number of hydrogen-bond acceptors (Lipinski definition) is 3. The van der Waals surface area contributed by atoms with Gasteiger partial charge in [0.25, 0.3) is 5.91 Å². The molecule has 1 atom stereocenters. The Morgan fingerprint density at radius 3 is 2.43 bits per heavy atom. The van der Waals surface area contributed by atoms with Crippen LogP contribution >= 0.6 is 0 Å². The van der Waals surface area contributed by atoms with Gasteiger partial charge in [0.15, 0.2) is 0 Å². The van der Waals surface area contributed by atoms with Gasteiger partial charge in [-0.2, -0.15) is 0 Å². The minimum absolute atomic E-state index is 0.243. The highest BCUT2D eigenvalue weighted by atomic mass is 19.1. The van der Waals surface area contributed by atoms with E-state index in [0.717, 1.165) is 12.1 Å². The Kier molecular flexibility index (Phi) is 4.09. The van der Waals surface area contributed by atoms with Gasteiger partial charge in [-0.05, 0) is 38.1 Å². The van der Waals surface area contributed by atoms with Crippen molar-refractivity contribution in [3.63, 3.8) is 0 Å². The van der Waals surface area contributed by atoms with Crippen molar-refractivity contribution >= 4 is 5.91 Å². The van der Waals surface area contributed by atoms with Gasteiger partial charge < -0.3 is 14.8 Å². The van der Waals surface area contributed by atoms with Gasteiger partial charge in [-0.3, -0.25) is 4.79 Å². The first-order chi connectivity index (χ1) is 9.81. The highest BCUT2D eigenvalue weighted by Gasteiger charge is 2.28. The van der Waals surface area contributed by atoms with Crippen LogP contribution < -0.4 is 5.32 Å². The fourth-order valence-electron chi connectivity index (χ4n) is 1.87. The van der Waals surface area contributed by atoms with Crippen LogP contribution in [0.3, 0.4) is 0 Å². The molecule has 0 saturated heterocycles. The molecule has 0 bridgehead atoms. The largest absolute Gasteiger partial charge is 0.463 e. The number of benzene rings is 1. The number of rotatable bonds is 4. The third-order valence-electron chi connectivity index (χ3n) is 3.05. The molecule has 0 aliphatic rings. The third-order valence-corrected chi connectivity index (χ3v) is 3.05. The second kappa shape index (κ2) is 5.65. The van der Waals surface area contributed by atoms with E-state index in [2.05, 4.69) is 5.32 Å². The molecule has 4 nitrogen and oxygen atoms in total. The molecule has 0 aliphatic carbocycles. The van der Waals surface area contributed by atoms with Crippen LogP contribution in [0.1, 0.15) is 28.8 Å². The molecule has 1 amide bonds. The number of carbonyl (C=O) groups excluding carboxylic acids is 1. The fourth-order valence-corrected chi connectivity index (χ4v) is 1.87. The fraction of sp³-hybridized carbons (Fsp3) is 0.267. The van der Waals surface area contributed by atoms with Gasteiger partial charge in [0.05, 0.1) is 6.54 Å². The van der Waals surface area contributed by atoms with Gasteiger partial charge >= 0.3 is 0 Å². The van der Waals surface area contributed by atoms with Gasteiger partial charge in [-0.25, -0.2) is 8.78 Å². The first-order valence-electron chi connectivity index (χ1n) is 6.33. The normalized spacial score (nSPS) is 13.8. The van der Waals surface area contributed by atoms with Crippen LogP contribution in [-0.2, 0) is 5.60 Å². The molecule has 0 saturated carbocycles. The topological polar surface area (TPSA) is 62.5 Å². The summed E-state index contributed by atoms with van der Waals surface area (Å²) < 4.78 is 32.2. The molecule has 112 valence electrons. The van der Waals surface area contributed by atoms with E-state index in [-0.39, 0.29) is 12.3 Å². The van der Waals surface area contributed by atoms with Crippen LogP contribution in [0.15, 0.2) is 34.7 Å². The van der Waals surface area contributed by atoms with Gasteiger partial charge in [-0.15, -0.1) is 0 Å². The summed E-state index contributed by atoms with van der Waals surface area (Å²) in [5.74, 6) is -1.98. The molecule has 1 aromatic heterocycles. The molecule has 1 heterocycles. The monoisotopic (exact) mass is 295 g/mol. The van der Waals surface area contributed by atoms with Gasteiger partial charge in [-0.1, -0.05) is 6.07 Å². The highest BCUT2D eigenvalue weighted by Crippen LogP contribution is 2.22. The Hall–Kier alpha value is -2.21. The average molecular weight is 295 g/mol. The van der Waals surface area contributed by atoms with E-state index < -0.39 is 28.7 Å². The zero-order chi connectivity index (χ0) is 15.6. The van der Waals surface area contributed by atoms with Crippen LogP contribution in [0.2, 0.25) is 0 Å². The van der Waals surface area contributed by atoms with E-state index in [1.165, 1.54) is 13.0 Å². The van der Waals surface area contributed by atoms with Gasteiger partial charge in [0.2, 0.25) is 0 Å². The minimum Gasteiger partial charge on any atom is -0.463 e. The second-order valence-corrected chi connectivity index (χ2v) is 4.96. The summed E-state index contributed by atoms with van der Waals surface area (Å²) in [5, 5.41) is 12.5. The Morgan fingerprint density at radius 2 is 1.90 bits per heavy atom. The van der Waals surface area contributed by atoms with Gasteiger partial charge in [0, 0.05) is 0 Å². The van der Waals surface area contributed by atoms with Crippen molar-refractivity contribution in [2.24, 2.45) is 0 Å². The lowest BCUT2D eigenvalue weighted by Crippen LogP contribution is -2.39. The molecule has 6 heteroatoms. The summed E-state index contributed by atoms with van der Waals surface area (Å²) in [6.07, 6.45) is 0.